The van der Waals surface area contributed by atoms with Crippen LogP contribution in [0, 0.1) is 0 Å². The van der Waals surface area contributed by atoms with Gasteiger partial charge in [0.05, 0.1) is 19.3 Å². The zero-order valence-electron chi connectivity index (χ0n) is 30.8. The van der Waals surface area contributed by atoms with Crippen LogP contribution in [-0.2, 0) is 32.7 Å². The number of aliphatic hydroxyl groups excluding tert-OH is 1. The number of hydrogen-bond donors (Lipinski definition) is 3. The molecule has 0 aromatic carbocycles. The molecule has 0 heterocycles. The molecule has 0 rings (SSSR count). The molecule has 0 aliphatic carbocycles. The molecule has 11 heteroatoms. The predicted molar refractivity (Wildman–Crippen MR) is 198 cm³/mol. The van der Waals surface area contributed by atoms with Crippen LogP contribution in [0.1, 0.15) is 155 Å². The van der Waals surface area contributed by atoms with Gasteiger partial charge in [-0.1, -0.05) is 140 Å². The van der Waals surface area contributed by atoms with Crippen LogP contribution in [0.3, 0.4) is 0 Å². The molecule has 2 unspecified atom stereocenters. The van der Waals surface area contributed by atoms with Gasteiger partial charge in [0, 0.05) is 19.4 Å². The lowest BCUT2D eigenvalue weighted by atomic mass is 10.0. The Balaban J connectivity index is 4.28. The van der Waals surface area contributed by atoms with Gasteiger partial charge in [0.25, 0.3) is 0 Å². The molecule has 0 saturated heterocycles. The van der Waals surface area contributed by atoms with Crippen molar-refractivity contribution in [2.45, 2.75) is 167 Å². The zero-order chi connectivity index (χ0) is 36.3. The third-order valence-electron chi connectivity index (χ3n) is 7.87. The summed E-state index contributed by atoms with van der Waals surface area (Å²) in [7, 11) is -4.38. The summed E-state index contributed by atoms with van der Waals surface area (Å²) < 4.78 is 32.6. The van der Waals surface area contributed by atoms with Crippen molar-refractivity contribution in [3.8, 4) is 0 Å². The van der Waals surface area contributed by atoms with Crippen LogP contribution in [0.2, 0.25) is 0 Å². The largest absolute Gasteiger partial charge is 0.472 e. The molecule has 49 heavy (non-hydrogen) atoms. The number of rotatable bonds is 35. The molecular weight excluding hydrogens is 645 g/mol. The van der Waals surface area contributed by atoms with Gasteiger partial charge < -0.3 is 25.2 Å². The molecule has 0 aromatic rings. The minimum atomic E-state index is -4.38. The summed E-state index contributed by atoms with van der Waals surface area (Å²) in [5.74, 6) is -0.883. The Bertz CT molecular complexity index is 925. The highest BCUT2D eigenvalue weighted by atomic mass is 31.2. The van der Waals surface area contributed by atoms with Gasteiger partial charge >= 0.3 is 19.8 Å². The van der Waals surface area contributed by atoms with Crippen molar-refractivity contribution in [1.29, 1.82) is 0 Å². The first kappa shape index (κ1) is 47.2. The topological polar surface area (TPSA) is 155 Å². The van der Waals surface area contributed by atoms with Gasteiger partial charge in [-0.2, -0.15) is 0 Å². The smallest absolute Gasteiger partial charge is 0.462 e. The SMILES string of the molecule is CC/C=C/CC(O)/C=C/C=C/CCCCCCCC(=O)OC[C@H](COP(=O)(O)OCCN)OC(=O)CCCCCCCCCCCCCC. The highest BCUT2D eigenvalue weighted by Gasteiger charge is 2.26. The van der Waals surface area contributed by atoms with Crippen LogP contribution >= 0.6 is 7.82 Å². The van der Waals surface area contributed by atoms with Crippen LogP contribution in [-0.4, -0.2) is 60.5 Å². The Morgan fingerprint density at radius 1 is 0.714 bits per heavy atom. The third-order valence-corrected chi connectivity index (χ3v) is 8.85. The molecule has 4 N–H and O–H groups in total. The van der Waals surface area contributed by atoms with E-state index in [-0.39, 0.29) is 32.6 Å². The van der Waals surface area contributed by atoms with Gasteiger partial charge in [-0.05, 0) is 38.5 Å². The van der Waals surface area contributed by atoms with E-state index in [1.165, 1.54) is 51.4 Å². The fourth-order valence-corrected chi connectivity index (χ4v) is 5.79. The van der Waals surface area contributed by atoms with E-state index in [4.69, 9.17) is 24.3 Å². The Kier molecular flexibility index (Phi) is 33.4. The summed E-state index contributed by atoms with van der Waals surface area (Å²) in [4.78, 5) is 34.7. The summed E-state index contributed by atoms with van der Waals surface area (Å²) >= 11 is 0. The summed E-state index contributed by atoms with van der Waals surface area (Å²) in [5.41, 5.74) is 5.32. The maximum absolute atomic E-state index is 12.5. The number of allylic oxidation sites excluding steroid dienone is 4. The lowest BCUT2D eigenvalue weighted by Crippen LogP contribution is -2.29. The van der Waals surface area contributed by atoms with E-state index >= 15 is 0 Å². The van der Waals surface area contributed by atoms with Gasteiger partial charge in [-0.3, -0.25) is 18.6 Å². The Morgan fingerprint density at radius 3 is 1.88 bits per heavy atom. The molecule has 0 saturated carbocycles. The van der Waals surface area contributed by atoms with Crippen molar-refractivity contribution in [2.75, 3.05) is 26.4 Å². The number of unbranched alkanes of at least 4 members (excludes halogenated alkanes) is 16. The monoisotopic (exact) mass is 715 g/mol. The van der Waals surface area contributed by atoms with Crippen molar-refractivity contribution in [3.05, 3.63) is 36.5 Å². The van der Waals surface area contributed by atoms with Crippen molar-refractivity contribution < 1.29 is 42.7 Å². The third kappa shape index (κ3) is 34.4. The Morgan fingerprint density at radius 2 is 1.29 bits per heavy atom. The molecule has 0 aliphatic heterocycles. The number of phosphoric acid groups is 1. The van der Waals surface area contributed by atoms with Crippen LogP contribution < -0.4 is 5.73 Å². The number of hydrogen-bond acceptors (Lipinski definition) is 9. The predicted octanol–water partition coefficient (Wildman–Crippen LogP) is 9.19. The number of carbonyl (C=O) groups is 2. The summed E-state index contributed by atoms with van der Waals surface area (Å²) in [5, 5.41) is 9.84. The molecular formula is C38H70NO9P. The minimum Gasteiger partial charge on any atom is -0.462 e. The number of carbonyl (C=O) groups excluding carboxylic acids is 2. The quantitative estimate of drug-likeness (QED) is 0.0190. The van der Waals surface area contributed by atoms with E-state index in [0.717, 1.165) is 57.8 Å². The fraction of sp³-hybridized carbons (Fsp3) is 0.789. The van der Waals surface area contributed by atoms with Gasteiger partial charge in [0.15, 0.2) is 6.10 Å². The van der Waals surface area contributed by atoms with Crippen molar-refractivity contribution in [2.24, 2.45) is 5.73 Å². The van der Waals surface area contributed by atoms with Gasteiger partial charge in [0.1, 0.15) is 6.61 Å². The molecule has 0 spiro atoms. The molecule has 0 aromatic heterocycles. The number of ether oxygens (including phenoxy) is 2. The molecule has 0 amide bonds. The second-order valence-corrected chi connectivity index (χ2v) is 14.1. The number of nitrogens with two attached hydrogens (primary N) is 1. The zero-order valence-corrected chi connectivity index (χ0v) is 31.7. The Hall–Kier alpha value is -1.81. The van der Waals surface area contributed by atoms with E-state index < -0.39 is 38.6 Å². The molecule has 10 nitrogen and oxygen atoms in total. The van der Waals surface area contributed by atoms with Crippen molar-refractivity contribution >= 4 is 19.8 Å². The van der Waals surface area contributed by atoms with Crippen LogP contribution in [0.25, 0.3) is 0 Å². The normalized spacial score (nSPS) is 14.5. The molecule has 0 radical (unpaired) electrons. The first-order chi connectivity index (χ1) is 23.7. The molecule has 0 fully saturated rings. The first-order valence-electron chi connectivity index (χ1n) is 19.1. The highest BCUT2D eigenvalue weighted by Crippen LogP contribution is 2.43. The first-order valence-corrected chi connectivity index (χ1v) is 20.6. The second-order valence-electron chi connectivity index (χ2n) is 12.6. The molecule has 0 bridgehead atoms. The highest BCUT2D eigenvalue weighted by molar-refractivity contribution is 7.47. The van der Waals surface area contributed by atoms with E-state index in [2.05, 4.69) is 19.9 Å². The maximum atomic E-state index is 12.5. The van der Waals surface area contributed by atoms with Gasteiger partial charge in [-0.25, -0.2) is 4.57 Å². The van der Waals surface area contributed by atoms with Gasteiger partial charge in [-0.15, -0.1) is 0 Å². The van der Waals surface area contributed by atoms with E-state index in [0.29, 0.717) is 19.3 Å². The summed E-state index contributed by atoms with van der Waals surface area (Å²) in [6.07, 6.45) is 32.2. The molecule has 3 atom stereocenters. The van der Waals surface area contributed by atoms with Gasteiger partial charge in [0.2, 0.25) is 0 Å². The fourth-order valence-electron chi connectivity index (χ4n) is 5.02. The van der Waals surface area contributed by atoms with Crippen molar-refractivity contribution in [3.63, 3.8) is 0 Å². The van der Waals surface area contributed by atoms with Crippen LogP contribution in [0.4, 0.5) is 0 Å². The molecule has 286 valence electrons. The average Bonchev–Trinajstić information content (AvgIpc) is 3.08. The number of phosphoric ester groups is 1. The minimum absolute atomic E-state index is 0.0427. The van der Waals surface area contributed by atoms with Crippen LogP contribution in [0.5, 0.6) is 0 Å². The number of aliphatic hydroxyl groups is 1. The maximum Gasteiger partial charge on any atom is 0.472 e. The average molecular weight is 716 g/mol. The van der Waals surface area contributed by atoms with Crippen LogP contribution in [0.15, 0.2) is 36.5 Å². The Labute approximate surface area is 297 Å². The summed E-state index contributed by atoms with van der Waals surface area (Å²) in [6, 6.07) is 0. The second kappa shape index (κ2) is 34.6. The van der Waals surface area contributed by atoms with E-state index in [1.807, 2.05) is 24.3 Å². The van der Waals surface area contributed by atoms with E-state index in [9.17, 15) is 24.2 Å². The van der Waals surface area contributed by atoms with Crippen molar-refractivity contribution in [1.82, 2.24) is 0 Å². The lowest BCUT2D eigenvalue weighted by molar-refractivity contribution is -0.161. The lowest BCUT2D eigenvalue weighted by Gasteiger charge is -2.19. The number of esters is 2. The van der Waals surface area contributed by atoms with E-state index in [1.54, 1.807) is 6.08 Å². The summed E-state index contributed by atoms with van der Waals surface area (Å²) in [6.45, 7) is 3.46. The standard InChI is InChI=1S/C38H70NO9P/c1-3-5-7-8-9-10-11-12-15-19-22-26-30-38(42)48-36(34-47-49(43,44)46-32-31-39)33-45-37(41)29-25-21-18-16-13-14-17-20-24-28-35(40)27-23-6-4-2/h6,17,20,23-24,28,35-36,40H,3-5,7-16,18-19,21-22,25-27,29-34,39H2,1-2H3,(H,43,44)/b20-17+,23-6+,28-24+/t35?,36-/m1/s1. The molecule has 0 aliphatic rings.